The predicted octanol–water partition coefficient (Wildman–Crippen LogP) is 2.61. The largest absolute Gasteiger partial charge is 0.481 e. The van der Waals surface area contributed by atoms with Crippen LogP contribution in [0.1, 0.15) is 17.5 Å². The highest BCUT2D eigenvalue weighted by molar-refractivity contribution is 5.92. The lowest BCUT2D eigenvalue weighted by Crippen LogP contribution is -2.58. The third kappa shape index (κ3) is 4.26. The molecule has 2 aromatic carbocycles. The van der Waals surface area contributed by atoms with Gasteiger partial charge < -0.3 is 15.1 Å². The Morgan fingerprint density at radius 3 is 2.33 bits per heavy atom. The predicted molar refractivity (Wildman–Crippen MR) is 103 cm³/mol. The summed E-state index contributed by atoms with van der Waals surface area (Å²) in [5.41, 5.74) is 0.320. The van der Waals surface area contributed by atoms with Crippen LogP contribution < -0.4 is 0 Å². The van der Waals surface area contributed by atoms with E-state index in [1.54, 1.807) is 6.08 Å². The van der Waals surface area contributed by atoms with Crippen molar-refractivity contribution >= 4 is 18.0 Å². The van der Waals surface area contributed by atoms with Crippen molar-refractivity contribution in [2.45, 2.75) is 18.9 Å². The van der Waals surface area contributed by atoms with Crippen molar-refractivity contribution in [3.05, 3.63) is 77.9 Å². The van der Waals surface area contributed by atoms with E-state index in [-0.39, 0.29) is 25.3 Å². The molecule has 1 aliphatic rings. The number of carboxylic acid groups (broad SMARTS) is 1. The summed E-state index contributed by atoms with van der Waals surface area (Å²) in [7, 11) is 0. The molecule has 0 spiro atoms. The fourth-order valence-corrected chi connectivity index (χ4v) is 3.52. The van der Waals surface area contributed by atoms with Crippen LogP contribution in [0.5, 0.6) is 0 Å². The molecule has 2 aromatic rings. The average molecular weight is 365 g/mol. The highest BCUT2D eigenvalue weighted by atomic mass is 16.4. The summed E-state index contributed by atoms with van der Waals surface area (Å²) < 4.78 is 0. The maximum absolute atomic E-state index is 12.6. The van der Waals surface area contributed by atoms with Gasteiger partial charge in [-0.05, 0) is 30.0 Å². The highest BCUT2D eigenvalue weighted by Gasteiger charge is 2.49. The molecule has 1 saturated heterocycles. The maximum Gasteiger partial charge on any atom is 0.314 e. The molecule has 5 heteroatoms. The van der Waals surface area contributed by atoms with Crippen molar-refractivity contribution in [2.75, 3.05) is 13.1 Å². The topological polar surface area (TPSA) is 77.8 Å². The van der Waals surface area contributed by atoms with Crippen molar-refractivity contribution in [1.82, 2.24) is 4.90 Å². The van der Waals surface area contributed by atoms with Gasteiger partial charge in [-0.3, -0.25) is 9.59 Å². The number of nitrogens with zero attached hydrogens (tertiary/aromatic N) is 1. The Kier molecular flexibility index (Phi) is 5.72. The first kappa shape index (κ1) is 18.9. The minimum absolute atomic E-state index is 0.0175. The van der Waals surface area contributed by atoms with Crippen molar-refractivity contribution in [1.29, 1.82) is 0 Å². The Morgan fingerprint density at radius 1 is 1.07 bits per heavy atom. The number of likely N-dealkylation sites (tertiary alicyclic amines) is 1. The van der Waals surface area contributed by atoms with E-state index in [0.717, 1.165) is 11.1 Å². The van der Waals surface area contributed by atoms with E-state index in [2.05, 4.69) is 0 Å². The van der Waals surface area contributed by atoms with Gasteiger partial charge in [-0.15, -0.1) is 0 Å². The molecule has 5 nitrogen and oxygen atoms in total. The summed E-state index contributed by atoms with van der Waals surface area (Å²) in [6, 6.07) is 18.7. The van der Waals surface area contributed by atoms with Gasteiger partial charge >= 0.3 is 5.97 Å². The number of piperidine rings is 1. The fourth-order valence-electron chi connectivity index (χ4n) is 3.52. The number of rotatable bonds is 5. The lowest BCUT2D eigenvalue weighted by molar-refractivity contribution is -0.164. The lowest BCUT2D eigenvalue weighted by atomic mass is 9.73. The lowest BCUT2D eigenvalue weighted by Gasteiger charge is -2.43. The molecule has 3 rings (SSSR count). The molecule has 27 heavy (non-hydrogen) atoms. The second-order valence-electron chi connectivity index (χ2n) is 6.93. The van der Waals surface area contributed by atoms with Crippen LogP contribution in [0.4, 0.5) is 0 Å². The van der Waals surface area contributed by atoms with Crippen LogP contribution in [-0.2, 0) is 16.0 Å². The smallest absolute Gasteiger partial charge is 0.314 e. The monoisotopic (exact) mass is 365 g/mol. The summed E-state index contributed by atoms with van der Waals surface area (Å²) >= 11 is 0. The Morgan fingerprint density at radius 2 is 1.70 bits per heavy atom. The Bertz CT molecular complexity index is 819. The number of carboxylic acids is 1. The van der Waals surface area contributed by atoms with Crippen LogP contribution in [-0.4, -0.2) is 46.2 Å². The number of carbonyl (C=O) groups is 2. The van der Waals surface area contributed by atoms with Crippen LogP contribution in [0.15, 0.2) is 66.7 Å². The third-order valence-corrected chi connectivity index (χ3v) is 5.10. The Balaban J connectivity index is 1.79. The van der Waals surface area contributed by atoms with Gasteiger partial charge in [-0.25, -0.2) is 0 Å². The van der Waals surface area contributed by atoms with E-state index in [1.807, 2.05) is 60.7 Å². The normalized spacial score (nSPS) is 22.7. The molecule has 0 unspecified atom stereocenters. The van der Waals surface area contributed by atoms with Crippen LogP contribution in [0.25, 0.3) is 6.08 Å². The number of hydrogen-bond acceptors (Lipinski definition) is 3. The van der Waals surface area contributed by atoms with Gasteiger partial charge in [0.15, 0.2) is 0 Å². The molecule has 2 N–H and O–H groups in total. The van der Waals surface area contributed by atoms with Gasteiger partial charge in [0.1, 0.15) is 5.41 Å². The number of carbonyl (C=O) groups excluding carboxylic acids is 1. The summed E-state index contributed by atoms with van der Waals surface area (Å²) in [6.07, 6.45) is 2.59. The molecular formula is C22H23NO4. The zero-order valence-corrected chi connectivity index (χ0v) is 15.0. The zero-order valence-electron chi connectivity index (χ0n) is 15.0. The molecule has 0 bridgehead atoms. The number of amides is 1. The molecule has 0 radical (unpaired) electrons. The first-order chi connectivity index (χ1) is 13.0. The molecule has 0 aliphatic carbocycles. The van der Waals surface area contributed by atoms with E-state index in [0.29, 0.717) is 6.54 Å². The van der Waals surface area contributed by atoms with E-state index in [1.165, 1.54) is 11.0 Å². The van der Waals surface area contributed by atoms with Gasteiger partial charge in [0.25, 0.3) is 0 Å². The number of aliphatic hydroxyl groups is 1. The van der Waals surface area contributed by atoms with Crippen LogP contribution >= 0.6 is 0 Å². The van der Waals surface area contributed by atoms with Gasteiger partial charge in [0.2, 0.25) is 5.91 Å². The van der Waals surface area contributed by atoms with E-state index >= 15 is 0 Å². The standard InChI is InChI=1S/C22H23NO4/c24-19-13-14-23(20(25)12-11-17-7-3-1-4-8-17)16-22(19,21(26)27)15-18-9-5-2-6-10-18/h1-12,19,24H,13-16H2,(H,26,27)/t19-,22-/m1/s1. The SMILES string of the molecule is O=C(C=Cc1ccccc1)N1CC[C@@H](O)[C@](Cc2ccccc2)(C(=O)O)C1. The van der Waals surface area contributed by atoms with Crippen LogP contribution in [0.3, 0.4) is 0 Å². The zero-order chi connectivity index (χ0) is 19.3. The summed E-state index contributed by atoms with van der Waals surface area (Å²) in [4.78, 5) is 26.2. The van der Waals surface area contributed by atoms with Gasteiger partial charge in [-0.2, -0.15) is 0 Å². The number of aliphatic carboxylic acids is 1. The Labute approximate surface area is 158 Å². The van der Waals surface area contributed by atoms with E-state index in [4.69, 9.17) is 0 Å². The molecule has 1 amide bonds. The molecule has 0 aromatic heterocycles. The van der Waals surface area contributed by atoms with Crippen LogP contribution in [0.2, 0.25) is 0 Å². The highest BCUT2D eigenvalue weighted by Crippen LogP contribution is 2.35. The molecule has 1 aliphatic heterocycles. The first-order valence-electron chi connectivity index (χ1n) is 8.99. The van der Waals surface area contributed by atoms with Crippen LogP contribution in [0, 0.1) is 5.41 Å². The molecule has 1 heterocycles. The van der Waals surface area contributed by atoms with E-state index < -0.39 is 17.5 Å². The first-order valence-corrected chi connectivity index (χ1v) is 8.99. The summed E-state index contributed by atoms with van der Waals surface area (Å²) in [6.45, 7) is 0.319. The molecule has 1 fully saturated rings. The number of hydrogen-bond donors (Lipinski definition) is 2. The van der Waals surface area contributed by atoms with Crippen molar-refractivity contribution in [3.63, 3.8) is 0 Å². The minimum atomic E-state index is -1.41. The molecule has 0 saturated carbocycles. The van der Waals surface area contributed by atoms with Gasteiger partial charge in [0.05, 0.1) is 6.10 Å². The van der Waals surface area contributed by atoms with Crippen molar-refractivity contribution < 1.29 is 19.8 Å². The summed E-state index contributed by atoms with van der Waals surface area (Å²) in [5.74, 6) is -1.33. The third-order valence-electron chi connectivity index (χ3n) is 5.10. The summed E-state index contributed by atoms with van der Waals surface area (Å²) in [5, 5.41) is 20.4. The second kappa shape index (κ2) is 8.18. The number of aliphatic hydroxyl groups excluding tert-OH is 1. The van der Waals surface area contributed by atoms with E-state index in [9.17, 15) is 19.8 Å². The minimum Gasteiger partial charge on any atom is -0.481 e. The van der Waals surface area contributed by atoms with Gasteiger partial charge in [0, 0.05) is 19.2 Å². The maximum atomic E-state index is 12.6. The molecule has 140 valence electrons. The Hall–Kier alpha value is -2.92. The number of benzene rings is 2. The second-order valence-corrected chi connectivity index (χ2v) is 6.93. The molecule has 2 atom stereocenters. The fraction of sp³-hybridized carbons (Fsp3) is 0.273. The average Bonchev–Trinajstić information content (AvgIpc) is 2.69. The van der Waals surface area contributed by atoms with Gasteiger partial charge in [-0.1, -0.05) is 60.7 Å². The van der Waals surface area contributed by atoms with Crippen molar-refractivity contribution in [3.8, 4) is 0 Å². The molecular weight excluding hydrogens is 342 g/mol. The quantitative estimate of drug-likeness (QED) is 0.799. The van der Waals surface area contributed by atoms with Crippen molar-refractivity contribution in [2.24, 2.45) is 5.41 Å².